The third-order valence-electron chi connectivity index (χ3n) is 1.25. The molecule has 0 saturated carbocycles. The highest BCUT2D eigenvalue weighted by molar-refractivity contribution is 8.00. The first kappa shape index (κ1) is 10.3. The lowest BCUT2D eigenvalue weighted by Gasteiger charge is -2.19. The predicted octanol–water partition coefficient (Wildman–Crippen LogP) is 2.26. The molecule has 62 valence electrons. The fourth-order valence-corrected chi connectivity index (χ4v) is 1.42. The molecule has 0 aromatic heterocycles. The zero-order valence-electron chi connectivity index (χ0n) is 7.48. The average Bonchev–Trinajstić information content (AvgIpc) is 1.81. The lowest BCUT2D eigenvalue weighted by Crippen LogP contribution is -2.24. The highest BCUT2D eigenvalue weighted by atomic mass is 32.2. The first-order chi connectivity index (χ1) is 4.45. The summed E-state index contributed by atoms with van der Waals surface area (Å²) in [6.45, 7) is 8.80. The lowest BCUT2D eigenvalue weighted by atomic mass is 10.3. The van der Waals surface area contributed by atoms with E-state index in [1.165, 1.54) is 0 Å². The summed E-state index contributed by atoms with van der Waals surface area (Å²) in [7, 11) is 0. The fraction of sp³-hybridized carbons (Fsp3) is 1.00. The average molecular weight is 161 g/mol. The van der Waals surface area contributed by atoms with E-state index in [0.717, 1.165) is 12.2 Å². The van der Waals surface area contributed by atoms with Crippen molar-refractivity contribution in [2.45, 2.75) is 44.9 Å². The number of rotatable bonds is 3. The largest absolute Gasteiger partial charge is 0.327 e. The normalized spacial score (nSPS) is 15.3. The molecule has 0 saturated heterocycles. The van der Waals surface area contributed by atoms with Crippen LogP contribution in [0.3, 0.4) is 0 Å². The second-order valence-electron chi connectivity index (χ2n) is 3.59. The molecule has 0 aliphatic rings. The van der Waals surface area contributed by atoms with Crippen LogP contribution in [0.4, 0.5) is 0 Å². The summed E-state index contributed by atoms with van der Waals surface area (Å²) >= 11 is 1.94. The van der Waals surface area contributed by atoms with E-state index in [1.807, 2.05) is 11.8 Å². The first-order valence-corrected chi connectivity index (χ1v) is 4.84. The minimum atomic E-state index is 0.368. The van der Waals surface area contributed by atoms with Gasteiger partial charge in [0.25, 0.3) is 0 Å². The number of hydrogen-bond acceptors (Lipinski definition) is 2. The molecule has 2 heteroatoms. The zero-order chi connectivity index (χ0) is 8.20. The van der Waals surface area contributed by atoms with E-state index in [0.29, 0.717) is 10.8 Å². The van der Waals surface area contributed by atoms with E-state index in [4.69, 9.17) is 5.73 Å². The molecule has 0 bridgehead atoms. The zero-order valence-corrected chi connectivity index (χ0v) is 8.29. The minimum absolute atomic E-state index is 0.368. The monoisotopic (exact) mass is 161 g/mol. The Morgan fingerprint density at radius 2 is 1.90 bits per heavy atom. The molecule has 0 aliphatic carbocycles. The van der Waals surface area contributed by atoms with Crippen LogP contribution in [0.1, 0.15) is 34.1 Å². The van der Waals surface area contributed by atoms with Gasteiger partial charge < -0.3 is 5.73 Å². The Hall–Kier alpha value is 0.310. The molecule has 0 aromatic rings. The van der Waals surface area contributed by atoms with Gasteiger partial charge in [-0.1, -0.05) is 27.7 Å². The Morgan fingerprint density at radius 1 is 1.40 bits per heavy atom. The Balaban J connectivity index is 3.36. The lowest BCUT2D eigenvalue weighted by molar-refractivity contribution is 0.714. The van der Waals surface area contributed by atoms with E-state index in [9.17, 15) is 0 Å². The van der Waals surface area contributed by atoms with Crippen LogP contribution in [-0.2, 0) is 0 Å². The molecule has 10 heavy (non-hydrogen) atoms. The maximum Gasteiger partial charge on any atom is 0.0128 e. The summed E-state index contributed by atoms with van der Waals surface area (Å²) in [6.07, 6.45) is 1.09. The predicted molar refractivity (Wildman–Crippen MR) is 50.5 cm³/mol. The van der Waals surface area contributed by atoms with Crippen molar-refractivity contribution in [1.82, 2.24) is 0 Å². The maximum absolute atomic E-state index is 5.76. The van der Waals surface area contributed by atoms with Crippen molar-refractivity contribution in [1.29, 1.82) is 0 Å². The van der Waals surface area contributed by atoms with Gasteiger partial charge in [-0.25, -0.2) is 0 Å². The summed E-state index contributed by atoms with van der Waals surface area (Å²) in [5.41, 5.74) is 5.76. The van der Waals surface area contributed by atoms with Crippen molar-refractivity contribution in [3.63, 3.8) is 0 Å². The molecule has 2 N–H and O–H groups in total. The summed E-state index contributed by atoms with van der Waals surface area (Å²) < 4.78 is 0.368. The van der Waals surface area contributed by atoms with Crippen LogP contribution in [0.15, 0.2) is 0 Å². The van der Waals surface area contributed by atoms with Gasteiger partial charge in [0.05, 0.1) is 0 Å². The van der Waals surface area contributed by atoms with Crippen molar-refractivity contribution in [2.75, 3.05) is 5.75 Å². The SMILES string of the molecule is CC[C@@H](N)CSC(C)(C)C. The third kappa shape index (κ3) is 6.43. The van der Waals surface area contributed by atoms with Gasteiger partial charge in [-0.15, -0.1) is 0 Å². The Kier molecular flexibility index (Phi) is 4.37. The van der Waals surface area contributed by atoms with Crippen molar-refractivity contribution in [3.05, 3.63) is 0 Å². The van der Waals surface area contributed by atoms with Crippen molar-refractivity contribution in [3.8, 4) is 0 Å². The summed E-state index contributed by atoms with van der Waals surface area (Å²) in [4.78, 5) is 0. The Bertz CT molecular complexity index is 85.7. The van der Waals surface area contributed by atoms with E-state index in [-0.39, 0.29) is 0 Å². The molecule has 0 aliphatic heterocycles. The highest BCUT2D eigenvalue weighted by Crippen LogP contribution is 2.23. The summed E-state index contributed by atoms with van der Waals surface area (Å²) in [5.74, 6) is 1.08. The molecular weight excluding hydrogens is 142 g/mol. The molecule has 1 atom stereocenters. The van der Waals surface area contributed by atoms with Crippen LogP contribution in [0, 0.1) is 0 Å². The molecule has 0 amide bonds. The number of thioether (sulfide) groups is 1. The van der Waals surface area contributed by atoms with E-state index >= 15 is 0 Å². The molecule has 0 spiro atoms. The van der Waals surface area contributed by atoms with Gasteiger partial charge in [-0.2, -0.15) is 11.8 Å². The van der Waals surface area contributed by atoms with Crippen molar-refractivity contribution in [2.24, 2.45) is 5.73 Å². The second kappa shape index (κ2) is 4.24. The molecule has 0 radical (unpaired) electrons. The number of hydrogen-bond donors (Lipinski definition) is 1. The number of nitrogens with two attached hydrogens (primary N) is 1. The molecule has 1 nitrogen and oxygen atoms in total. The van der Waals surface area contributed by atoms with E-state index < -0.39 is 0 Å². The topological polar surface area (TPSA) is 26.0 Å². The van der Waals surface area contributed by atoms with E-state index in [2.05, 4.69) is 27.7 Å². The molecule has 0 unspecified atom stereocenters. The first-order valence-electron chi connectivity index (χ1n) is 3.85. The third-order valence-corrected chi connectivity index (χ3v) is 2.72. The van der Waals surface area contributed by atoms with Crippen LogP contribution in [0.5, 0.6) is 0 Å². The summed E-state index contributed by atoms with van der Waals surface area (Å²) in [5, 5.41) is 0. The quantitative estimate of drug-likeness (QED) is 0.687. The molecule has 0 aromatic carbocycles. The van der Waals surface area contributed by atoms with Gasteiger partial charge in [0.15, 0.2) is 0 Å². The fourth-order valence-electron chi connectivity index (χ4n) is 0.475. The van der Waals surface area contributed by atoms with E-state index in [1.54, 1.807) is 0 Å². The smallest absolute Gasteiger partial charge is 0.0128 e. The Morgan fingerprint density at radius 3 is 2.20 bits per heavy atom. The molecule has 0 fully saturated rings. The van der Waals surface area contributed by atoms with Gasteiger partial charge in [0, 0.05) is 16.5 Å². The van der Waals surface area contributed by atoms with Gasteiger partial charge in [0.2, 0.25) is 0 Å². The van der Waals surface area contributed by atoms with Crippen molar-refractivity contribution >= 4 is 11.8 Å². The van der Waals surface area contributed by atoms with Crippen LogP contribution < -0.4 is 5.73 Å². The maximum atomic E-state index is 5.76. The minimum Gasteiger partial charge on any atom is -0.327 e. The second-order valence-corrected chi connectivity index (χ2v) is 5.44. The summed E-state index contributed by atoms with van der Waals surface area (Å²) in [6, 6.07) is 0.379. The highest BCUT2D eigenvalue weighted by Gasteiger charge is 2.11. The van der Waals surface area contributed by atoms with Crippen LogP contribution in [0.25, 0.3) is 0 Å². The van der Waals surface area contributed by atoms with Gasteiger partial charge in [0.1, 0.15) is 0 Å². The van der Waals surface area contributed by atoms with Crippen LogP contribution in [0.2, 0.25) is 0 Å². The Labute approximate surface area is 68.8 Å². The molecular formula is C8H19NS. The van der Waals surface area contributed by atoms with Gasteiger partial charge >= 0.3 is 0 Å². The van der Waals surface area contributed by atoms with Gasteiger partial charge in [-0.3, -0.25) is 0 Å². The van der Waals surface area contributed by atoms with Crippen LogP contribution >= 0.6 is 11.8 Å². The molecule has 0 heterocycles. The van der Waals surface area contributed by atoms with Crippen LogP contribution in [-0.4, -0.2) is 16.5 Å². The molecule has 0 rings (SSSR count). The van der Waals surface area contributed by atoms with Gasteiger partial charge in [-0.05, 0) is 6.42 Å². The van der Waals surface area contributed by atoms with Crippen molar-refractivity contribution < 1.29 is 0 Å². The standard InChI is InChI=1S/C8H19NS/c1-5-7(9)6-10-8(2,3)4/h7H,5-6,9H2,1-4H3/t7-/m1/s1.